The van der Waals surface area contributed by atoms with Crippen LogP contribution in [0.25, 0.3) is 0 Å². The first-order valence-electron chi connectivity index (χ1n) is 4.39. The van der Waals surface area contributed by atoms with Gasteiger partial charge in [0.05, 0.1) is 10.4 Å². The Balaban J connectivity index is 2.55. The molecule has 1 heterocycles. The van der Waals surface area contributed by atoms with Crippen molar-refractivity contribution in [1.29, 1.82) is 0 Å². The van der Waals surface area contributed by atoms with Gasteiger partial charge in [0, 0.05) is 5.56 Å². The summed E-state index contributed by atoms with van der Waals surface area (Å²) < 4.78 is 1.20. The average molecular weight is 251 g/mol. The third kappa shape index (κ3) is 3.28. The van der Waals surface area contributed by atoms with E-state index in [2.05, 4.69) is 6.58 Å². The Morgan fingerprint density at radius 3 is 2.79 bits per heavy atom. The quantitative estimate of drug-likeness (QED) is 0.605. The van der Waals surface area contributed by atoms with Gasteiger partial charge in [0.25, 0.3) is 0 Å². The minimum absolute atomic E-state index is 0.508. The van der Waals surface area contributed by atoms with Gasteiger partial charge in [-0.05, 0) is 25.3 Å². The average Bonchev–Trinajstić information content (AvgIpc) is 2.45. The third-order valence-corrected chi connectivity index (χ3v) is 3.45. The van der Waals surface area contributed by atoms with Gasteiger partial charge in [-0.25, -0.2) is 0 Å². The Kier molecular flexibility index (Phi) is 4.96. The van der Waals surface area contributed by atoms with Crippen molar-refractivity contribution in [3.05, 3.63) is 33.0 Å². The highest BCUT2D eigenvalue weighted by atomic mass is 35.5. The van der Waals surface area contributed by atoms with E-state index in [0.29, 0.717) is 15.1 Å². The number of thiophene rings is 1. The molecule has 1 rings (SSSR count). The molecule has 0 saturated heterocycles. The minimum Gasteiger partial charge on any atom is -0.388 e. The topological polar surface area (TPSA) is 20.2 Å². The summed E-state index contributed by atoms with van der Waals surface area (Å²) in [6.45, 7) is 3.63. The van der Waals surface area contributed by atoms with Crippen LogP contribution in [0.2, 0.25) is 8.67 Å². The predicted molar refractivity (Wildman–Crippen MR) is 63.3 cm³/mol. The molecular weight excluding hydrogens is 239 g/mol. The van der Waals surface area contributed by atoms with Crippen molar-refractivity contribution in [3.8, 4) is 0 Å². The van der Waals surface area contributed by atoms with Gasteiger partial charge in [-0.1, -0.05) is 29.3 Å². The summed E-state index contributed by atoms with van der Waals surface area (Å²) >= 11 is 13.0. The molecule has 0 saturated carbocycles. The van der Waals surface area contributed by atoms with Crippen LogP contribution in [0.5, 0.6) is 0 Å². The standard InChI is InChI=1S/C10H12Cl2OS/c1-2-3-4-5-8(13)7-6-9(11)14-10(7)12/h2,6,8,13H,1,3-5H2. The first-order valence-corrected chi connectivity index (χ1v) is 5.96. The predicted octanol–water partition coefficient (Wildman–Crippen LogP) is 4.44. The lowest BCUT2D eigenvalue weighted by atomic mass is 10.1. The van der Waals surface area contributed by atoms with Gasteiger partial charge in [-0.2, -0.15) is 0 Å². The van der Waals surface area contributed by atoms with Crippen LogP contribution in [0, 0.1) is 0 Å². The van der Waals surface area contributed by atoms with Crippen LogP contribution in [0.1, 0.15) is 30.9 Å². The Morgan fingerprint density at radius 2 is 2.29 bits per heavy atom. The Labute approximate surface area is 98.0 Å². The zero-order chi connectivity index (χ0) is 10.6. The van der Waals surface area contributed by atoms with Gasteiger partial charge in [0.15, 0.2) is 0 Å². The fourth-order valence-corrected chi connectivity index (χ4v) is 2.76. The van der Waals surface area contributed by atoms with E-state index in [-0.39, 0.29) is 0 Å². The third-order valence-electron chi connectivity index (χ3n) is 1.93. The largest absolute Gasteiger partial charge is 0.388 e. The molecule has 1 nitrogen and oxygen atoms in total. The molecule has 0 spiro atoms. The summed E-state index contributed by atoms with van der Waals surface area (Å²) in [6, 6.07) is 1.73. The van der Waals surface area contributed by atoms with Gasteiger partial charge in [-0.15, -0.1) is 17.9 Å². The van der Waals surface area contributed by atoms with E-state index in [1.165, 1.54) is 11.3 Å². The van der Waals surface area contributed by atoms with Crippen molar-refractivity contribution < 1.29 is 5.11 Å². The molecule has 0 radical (unpaired) electrons. The fraction of sp³-hybridized carbons (Fsp3) is 0.400. The molecule has 0 aliphatic heterocycles. The molecule has 0 aromatic carbocycles. The van der Waals surface area contributed by atoms with E-state index in [0.717, 1.165) is 18.4 Å². The molecule has 78 valence electrons. The molecular formula is C10H12Cl2OS. The molecule has 0 bridgehead atoms. The van der Waals surface area contributed by atoms with Crippen LogP contribution in [0.15, 0.2) is 18.7 Å². The summed E-state index contributed by atoms with van der Waals surface area (Å²) in [4.78, 5) is 0. The number of hydrogen-bond acceptors (Lipinski definition) is 2. The molecule has 0 amide bonds. The van der Waals surface area contributed by atoms with Crippen molar-refractivity contribution in [1.82, 2.24) is 0 Å². The second kappa shape index (κ2) is 5.76. The highest BCUT2D eigenvalue weighted by Gasteiger charge is 2.14. The first kappa shape index (κ1) is 12.1. The molecule has 0 aliphatic rings. The Bertz CT molecular complexity index is 309. The van der Waals surface area contributed by atoms with E-state index in [4.69, 9.17) is 23.2 Å². The zero-order valence-corrected chi connectivity index (χ0v) is 10.0. The summed E-state index contributed by atoms with van der Waals surface area (Å²) in [7, 11) is 0. The van der Waals surface area contributed by atoms with Crippen LogP contribution in [-0.4, -0.2) is 5.11 Å². The van der Waals surface area contributed by atoms with Gasteiger partial charge >= 0.3 is 0 Å². The van der Waals surface area contributed by atoms with Crippen molar-refractivity contribution in [2.45, 2.75) is 25.4 Å². The lowest BCUT2D eigenvalue weighted by Gasteiger charge is -2.07. The van der Waals surface area contributed by atoms with Crippen LogP contribution in [-0.2, 0) is 0 Å². The summed E-state index contributed by atoms with van der Waals surface area (Å²) in [5, 5.41) is 9.77. The number of allylic oxidation sites excluding steroid dienone is 1. The molecule has 1 aromatic heterocycles. The molecule has 1 unspecified atom stereocenters. The van der Waals surface area contributed by atoms with Gasteiger partial charge < -0.3 is 5.11 Å². The second-order valence-electron chi connectivity index (χ2n) is 3.01. The number of aliphatic hydroxyl groups is 1. The Hall–Kier alpha value is -0.0200. The van der Waals surface area contributed by atoms with Gasteiger partial charge in [-0.3, -0.25) is 0 Å². The number of unbranched alkanes of at least 4 members (excludes halogenated alkanes) is 1. The fourth-order valence-electron chi connectivity index (χ4n) is 1.19. The maximum atomic E-state index is 9.77. The van der Waals surface area contributed by atoms with E-state index in [1.54, 1.807) is 6.07 Å². The first-order chi connectivity index (χ1) is 6.65. The zero-order valence-electron chi connectivity index (χ0n) is 7.67. The number of rotatable bonds is 5. The van der Waals surface area contributed by atoms with Gasteiger partial charge in [0.2, 0.25) is 0 Å². The van der Waals surface area contributed by atoms with Crippen LogP contribution in [0.4, 0.5) is 0 Å². The van der Waals surface area contributed by atoms with Crippen molar-refractivity contribution >= 4 is 34.5 Å². The lowest BCUT2D eigenvalue weighted by molar-refractivity contribution is 0.165. The van der Waals surface area contributed by atoms with E-state index >= 15 is 0 Å². The molecule has 1 atom stereocenters. The Morgan fingerprint density at radius 1 is 1.57 bits per heavy atom. The van der Waals surface area contributed by atoms with Crippen LogP contribution in [0.3, 0.4) is 0 Å². The summed E-state index contributed by atoms with van der Waals surface area (Å²) in [5.41, 5.74) is 0.741. The van der Waals surface area contributed by atoms with Crippen molar-refractivity contribution in [2.75, 3.05) is 0 Å². The SMILES string of the molecule is C=CCCCC(O)c1cc(Cl)sc1Cl. The smallest absolute Gasteiger partial charge is 0.100 e. The monoisotopic (exact) mass is 250 g/mol. The molecule has 1 N–H and O–H groups in total. The molecule has 4 heteroatoms. The summed E-state index contributed by atoms with van der Waals surface area (Å²) in [6.07, 6.45) is 3.85. The number of hydrogen-bond donors (Lipinski definition) is 1. The van der Waals surface area contributed by atoms with Crippen LogP contribution >= 0.6 is 34.5 Å². The molecule has 0 aliphatic carbocycles. The second-order valence-corrected chi connectivity index (χ2v) is 5.30. The molecule has 1 aromatic rings. The van der Waals surface area contributed by atoms with Gasteiger partial charge in [0.1, 0.15) is 4.34 Å². The molecule has 0 fully saturated rings. The van der Waals surface area contributed by atoms with E-state index in [1.807, 2.05) is 6.08 Å². The normalized spacial score (nSPS) is 12.8. The lowest BCUT2D eigenvalue weighted by Crippen LogP contribution is -1.95. The van der Waals surface area contributed by atoms with E-state index in [9.17, 15) is 5.11 Å². The van der Waals surface area contributed by atoms with E-state index < -0.39 is 6.10 Å². The maximum Gasteiger partial charge on any atom is 0.100 e. The highest BCUT2D eigenvalue weighted by molar-refractivity contribution is 7.20. The van der Waals surface area contributed by atoms with Crippen molar-refractivity contribution in [3.63, 3.8) is 0 Å². The molecule has 14 heavy (non-hydrogen) atoms. The van der Waals surface area contributed by atoms with Crippen molar-refractivity contribution in [2.24, 2.45) is 0 Å². The highest BCUT2D eigenvalue weighted by Crippen LogP contribution is 2.36. The minimum atomic E-state index is -0.508. The number of aliphatic hydroxyl groups excluding tert-OH is 1. The van der Waals surface area contributed by atoms with Crippen LogP contribution < -0.4 is 0 Å². The summed E-state index contributed by atoms with van der Waals surface area (Å²) in [5.74, 6) is 0. The number of halogens is 2. The maximum absolute atomic E-state index is 9.77.